The first-order chi connectivity index (χ1) is 14.5. The highest BCUT2D eigenvalue weighted by molar-refractivity contribution is 6.10. The third kappa shape index (κ3) is 4.45. The lowest BCUT2D eigenvalue weighted by Crippen LogP contribution is -2.53. The Hall–Kier alpha value is -2.45. The molecular formula is C26H33NO4. The van der Waals surface area contributed by atoms with E-state index in [1.165, 1.54) is 7.11 Å². The van der Waals surface area contributed by atoms with Gasteiger partial charge in [0.05, 0.1) is 0 Å². The highest BCUT2D eigenvalue weighted by Gasteiger charge is 2.48. The van der Waals surface area contributed by atoms with Gasteiger partial charge in [0.2, 0.25) is 0 Å². The molecule has 1 aliphatic heterocycles. The number of carbonyl (C=O) groups excluding carboxylic acids is 3. The van der Waals surface area contributed by atoms with Gasteiger partial charge in [-0.2, -0.15) is 0 Å². The smallest absolute Gasteiger partial charge is 0.254 e. The lowest BCUT2D eigenvalue weighted by molar-refractivity contribution is -0.154. The zero-order valence-corrected chi connectivity index (χ0v) is 19.6. The maximum absolute atomic E-state index is 13.3. The van der Waals surface area contributed by atoms with Gasteiger partial charge in [0.15, 0.2) is 0 Å². The van der Waals surface area contributed by atoms with E-state index in [2.05, 4.69) is 11.8 Å². The molecule has 0 unspecified atom stereocenters. The molecule has 0 N–H and O–H groups in total. The van der Waals surface area contributed by atoms with Crippen molar-refractivity contribution in [2.75, 3.05) is 20.2 Å². The number of Topliss-reactive ketones (excluding diaryl/α,β-unsaturated/α-hetero) is 2. The van der Waals surface area contributed by atoms with Crippen LogP contribution in [0.1, 0.15) is 74.6 Å². The number of ketones is 2. The van der Waals surface area contributed by atoms with E-state index >= 15 is 0 Å². The second-order valence-corrected chi connectivity index (χ2v) is 9.62. The monoisotopic (exact) mass is 423 g/mol. The average Bonchev–Trinajstić information content (AvgIpc) is 2.70. The second-order valence-electron chi connectivity index (χ2n) is 9.62. The number of benzene rings is 1. The van der Waals surface area contributed by atoms with Crippen molar-refractivity contribution in [3.05, 3.63) is 34.4 Å². The highest BCUT2D eigenvalue weighted by Crippen LogP contribution is 2.46. The minimum Gasteiger partial charge on any atom is -0.369 e. The van der Waals surface area contributed by atoms with Crippen LogP contribution in [-0.2, 0) is 19.1 Å². The van der Waals surface area contributed by atoms with Gasteiger partial charge in [-0.05, 0) is 81.7 Å². The highest BCUT2D eigenvalue weighted by atomic mass is 16.5. The number of aryl methyl sites for hydroxylation is 2. The lowest BCUT2D eigenvalue weighted by Gasteiger charge is -2.46. The van der Waals surface area contributed by atoms with Crippen LogP contribution in [0.3, 0.4) is 0 Å². The number of amides is 1. The molecule has 1 aliphatic carbocycles. The van der Waals surface area contributed by atoms with E-state index in [1.807, 2.05) is 26.0 Å². The number of carbonyl (C=O) groups is 3. The fraction of sp³-hybridized carbons (Fsp3) is 0.577. The summed E-state index contributed by atoms with van der Waals surface area (Å²) in [5, 5.41) is 0. The van der Waals surface area contributed by atoms with Crippen molar-refractivity contribution in [3.8, 4) is 11.8 Å². The third-order valence-corrected chi connectivity index (χ3v) is 7.03. The van der Waals surface area contributed by atoms with Crippen molar-refractivity contribution in [2.24, 2.45) is 5.41 Å². The molecule has 166 valence electrons. The number of methoxy groups -OCH3 is 1. The van der Waals surface area contributed by atoms with Gasteiger partial charge < -0.3 is 9.64 Å². The molecule has 0 bridgehead atoms. The number of rotatable bonds is 3. The third-order valence-electron chi connectivity index (χ3n) is 7.03. The van der Waals surface area contributed by atoms with Gasteiger partial charge in [0, 0.05) is 38.6 Å². The van der Waals surface area contributed by atoms with Crippen molar-refractivity contribution in [3.63, 3.8) is 0 Å². The van der Waals surface area contributed by atoms with Crippen molar-refractivity contribution in [1.82, 2.24) is 4.90 Å². The molecule has 5 nitrogen and oxygen atoms in total. The topological polar surface area (TPSA) is 63.7 Å². The normalized spacial score (nSPS) is 19.4. The Morgan fingerprint density at radius 1 is 1.10 bits per heavy atom. The number of likely N-dealkylation sites (tertiary alicyclic amines) is 1. The van der Waals surface area contributed by atoms with Gasteiger partial charge in [-0.3, -0.25) is 14.4 Å². The van der Waals surface area contributed by atoms with Gasteiger partial charge in [-0.15, -0.1) is 5.92 Å². The van der Waals surface area contributed by atoms with Crippen molar-refractivity contribution < 1.29 is 19.1 Å². The Bertz CT molecular complexity index is 928. The molecule has 31 heavy (non-hydrogen) atoms. The quantitative estimate of drug-likeness (QED) is 0.549. The van der Waals surface area contributed by atoms with E-state index in [-0.39, 0.29) is 22.9 Å². The van der Waals surface area contributed by atoms with E-state index < -0.39 is 11.5 Å². The van der Waals surface area contributed by atoms with Crippen LogP contribution in [-0.4, -0.2) is 48.2 Å². The van der Waals surface area contributed by atoms with Crippen LogP contribution < -0.4 is 0 Å². The first-order valence-electron chi connectivity index (χ1n) is 11.0. The largest absolute Gasteiger partial charge is 0.369 e. The molecule has 1 saturated heterocycles. The van der Waals surface area contributed by atoms with Crippen LogP contribution in [0, 0.1) is 31.1 Å². The molecule has 0 aromatic heterocycles. The van der Waals surface area contributed by atoms with Crippen LogP contribution in [0.15, 0.2) is 12.1 Å². The number of ether oxygens (including phenoxy) is 1. The Labute approximate surface area is 185 Å². The molecule has 3 rings (SSSR count). The predicted octanol–water partition coefficient (Wildman–Crippen LogP) is 3.72. The Kier molecular flexibility index (Phi) is 6.43. The Morgan fingerprint density at radius 2 is 1.61 bits per heavy atom. The minimum absolute atomic E-state index is 0.00812. The van der Waals surface area contributed by atoms with Gasteiger partial charge in [0.1, 0.15) is 23.1 Å². The molecule has 1 saturated carbocycles. The van der Waals surface area contributed by atoms with Gasteiger partial charge in [0.25, 0.3) is 5.91 Å². The fourth-order valence-corrected chi connectivity index (χ4v) is 5.16. The maximum atomic E-state index is 13.3. The summed E-state index contributed by atoms with van der Waals surface area (Å²) in [6.45, 7) is 10.3. The lowest BCUT2D eigenvalue weighted by atomic mass is 9.62. The number of piperidine rings is 1. The number of hydrogen-bond acceptors (Lipinski definition) is 4. The van der Waals surface area contributed by atoms with E-state index in [9.17, 15) is 14.4 Å². The summed E-state index contributed by atoms with van der Waals surface area (Å²) < 4.78 is 5.33. The molecule has 5 heteroatoms. The minimum atomic E-state index is -0.864. The number of nitrogens with zero attached hydrogens (tertiary/aromatic N) is 1. The number of hydrogen-bond donors (Lipinski definition) is 0. The van der Waals surface area contributed by atoms with Crippen LogP contribution in [0.5, 0.6) is 0 Å². The van der Waals surface area contributed by atoms with E-state index in [0.29, 0.717) is 38.8 Å². The molecule has 1 aromatic rings. The summed E-state index contributed by atoms with van der Waals surface area (Å²) in [5.74, 6) is 5.25. The van der Waals surface area contributed by atoms with E-state index in [0.717, 1.165) is 22.3 Å². The standard InChI is InChI=1S/C26H33NO4/c1-7-8-19-13-17(2)22(18(3)14-19)23-20(28)15-26(16-21(23)29)9-11-27(12-10-26)24(30)25(4,5)31-6/h13-14,23H,9-12,15-16H2,1-6H3. The summed E-state index contributed by atoms with van der Waals surface area (Å²) >= 11 is 0. The molecule has 0 atom stereocenters. The molecule has 1 heterocycles. The van der Waals surface area contributed by atoms with Crippen molar-refractivity contribution in [1.29, 1.82) is 0 Å². The SMILES string of the molecule is CC#Cc1cc(C)c(C2C(=O)CC3(CCN(C(=O)C(C)(C)OC)CC3)CC2=O)c(C)c1. The average molecular weight is 424 g/mol. The first-order valence-corrected chi connectivity index (χ1v) is 11.0. The molecule has 1 amide bonds. The van der Waals surface area contributed by atoms with Gasteiger partial charge in [-0.1, -0.05) is 5.92 Å². The predicted molar refractivity (Wildman–Crippen MR) is 120 cm³/mol. The first kappa shape index (κ1) is 23.2. The maximum Gasteiger partial charge on any atom is 0.254 e. The van der Waals surface area contributed by atoms with Crippen LogP contribution in [0.4, 0.5) is 0 Å². The van der Waals surface area contributed by atoms with Crippen LogP contribution in [0.2, 0.25) is 0 Å². The van der Waals surface area contributed by atoms with Crippen molar-refractivity contribution >= 4 is 17.5 Å². The molecule has 2 aliphatic rings. The zero-order valence-electron chi connectivity index (χ0n) is 19.6. The summed E-state index contributed by atoms with van der Waals surface area (Å²) in [6.07, 6.45) is 2.14. The second kappa shape index (κ2) is 8.59. The van der Waals surface area contributed by atoms with Crippen LogP contribution in [0.25, 0.3) is 0 Å². The zero-order chi connectivity index (χ0) is 23.0. The molecular weight excluding hydrogens is 390 g/mol. The van der Waals surface area contributed by atoms with Crippen molar-refractivity contribution in [2.45, 2.75) is 71.8 Å². The van der Waals surface area contributed by atoms with Gasteiger partial charge >= 0.3 is 0 Å². The van der Waals surface area contributed by atoms with E-state index in [1.54, 1.807) is 25.7 Å². The summed E-state index contributed by atoms with van der Waals surface area (Å²) in [6, 6.07) is 3.93. The molecule has 1 aromatic carbocycles. The summed E-state index contributed by atoms with van der Waals surface area (Å²) in [4.78, 5) is 41.0. The van der Waals surface area contributed by atoms with Gasteiger partial charge in [-0.25, -0.2) is 0 Å². The Balaban J connectivity index is 1.77. The van der Waals surface area contributed by atoms with E-state index in [4.69, 9.17) is 4.74 Å². The van der Waals surface area contributed by atoms with Crippen LogP contribution >= 0.6 is 0 Å². The fourth-order valence-electron chi connectivity index (χ4n) is 5.16. The Morgan fingerprint density at radius 3 is 2.06 bits per heavy atom. The molecule has 1 spiro atoms. The molecule has 2 fully saturated rings. The summed E-state index contributed by atoms with van der Waals surface area (Å²) in [7, 11) is 1.54. The molecule has 0 radical (unpaired) electrons. The summed E-state index contributed by atoms with van der Waals surface area (Å²) in [5.41, 5.74) is 2.46.